The zero-order valence-electron chi connectivity index (χ0n) is 11.5. The number of halogens is 4. The molecule has 0 aliphatic heterocycles. The lowest BCUT2D eigenvalue weighted by Crippen LogP contribution is -1.98. The quantitative estimate of drug-likeness (QED) is 0.462. The maximum atomic E-state index is 12.9. The predicted octanol–water partition coefficient (Wildman–Crippen LogP) is 4.76. The second-order valence-corrected chi connectivity index (χ2v) is 5.56. The van der Waals surface area contributed by atoms with Crippen LogP contribution in [-0.4, -0.2) is 20.7 Å². The average Bonchev–Trinajstić information content (AvgIpc) is 2.74. The second-order valence-electron chi connectivity index (χ2n) is 4.36. The van der Waals surface area contributed by atoms with Crippen molar-refractivity contribution in [1.29, 1.82) is 0 Å². The maximum absolute atomic E-state index is 12.9. The van der Waals surface area contributed by atoms with E-state index in [1.54, 1.807) is 19.1 Å². The van der Waals surface area contributed by atoms with Crippen molar-refractivity contribution in [2.45, 2.75) is 13.3 Å². The highest BCUT2D eigenvalue weighted by molar-refractivity contribution is 9.10. The van der Waals surface area contributed by atoms with Crippen LogP contribution in [0.15, 0.2) is 27.8 Å². The molecular formula is C13H11BrClF2N3O2. The minimum Gasteiger partial charge on any atom is -0.437 e. The highest BCUT2D eigenvalue weighted by atomic mass is 79.9. The molecule has 118 valence electrons. The summed E-state index contributed by atoms with van der Waals surface area (Å²) >= 11 is 9.06. The zero-order valence-corrected chi connectivity index (χ0v) is 13.9. The summed E-state index contributed by atoms with van der Waals surface area (Å²) in [7, 11) is 1.40. The lowest BCUT2D eigenvalue weighted by atomic mass is 10.1. The van der Waals surface area contributed by atoms with Gasteiger partial charge in [-0.2, -0.15) is 0 Å². The van der Waals surface area contributed by atoms with Crippen molar-refractivity contribution >= 4 is 33.2 Å². The average molecular weight is 395 g/mol. The molecule has 0 aliphatic carbocycles. The minimum absolute atomic E-state index is 0.00432. The van der Waals surface area contributed by atoms with E-state index in [1.807, 2.05) is 0 Å². The molecule has 9 heteroatoms. The van der Waals surface area contributed by atoms with Gasteiger partial charge in [0.15, 0.2) is 0 Å². The van der Waals surface area contributed by atoms with Crippen molar-refractivity contribution in [2.24, 2.45) is 12.2 Å². The van der Waals surface area contributed by atoms with E-state index in [0.717, 1.165) is 4.68 Å². The van der Waals surface area contributed by atoms with Gasteiger partial charge in [0.05, 0.1) is 10.7 Å². The third-order valence-electron chi connectivity index (χ3n) is 2.90. The van der Waals surface area contributed by atoms with Crippen LogP contribution in [0.3, 0.4) is 0 Å². The first kappa shape index (κ1) is 16.7. The smallest absolute Gasteiger partial charge is 0.281 e. The van der Waals surface area contributed by atoms with Gasteiger partial charge < -0.3 is 9.94 Å². The standard InChI is InChI=1S/C13H11BrClF2N3O2/c1-6(19-21)8-5-7(3-4-9(8)15)22-13-10(14)11(12(16)17)20(2)18-13/h3-5,12,21H,1-2H3. The van der Waals surface area contributed by atoms with E-state index in [4.69, 9.17) is 21.5 Å². The van der Waals surface area contributed by atoms with Gasteiger partial charge in [-0.3, -0.25) is 4.68 Å². The molecule has 0 aliphatic rings. The molecule has 0 radical (unpaired) electrons. The zero-order chi connectivity index (χ0) is 16.4. The molecule has 0 saturated carbocycles. The molecule has 1 aromatic carbocycles. The number of alkyl halides is 2. The predicted molar refractivity (Wildman–Crippen MR) is 81.4 cm³/mol. The van der Waals surface area contributed by atoms with E-state index >= 15 is 0 Å². The fourth-order valence-electron chi connectivity index (χ4n) is 1.80. The summed E-state index contributed by atoms with van der Waals surface area (Å²) in [6, 6.07) is 4.63. The number of rotatable bonds is 4. The molecule has 1 heterocycles. The third kappa shape index (κ3) is 3.22. The van der Waals surface area contributed by atoms with Crippen LogP contribution in [0.1, 0.15) is 24.6 Å². The number of nitrogens with zero attached hydrogens (tertiary/aromatic N) is 3. The largest absolute Gasteiger partial charge is 0.437 e. The van der Waals surface area contributed by atoms with Crippen molar-refractivity contribution in [1.82, 2.24) is 9.78 Å². The number of ether oxygens (including phenoxy) is 1. The van der Waals surface area contributed by atoms with Crippen LogP contribution in [0, 0.1) is 0 Å². The normalized spacial score (nSPS) is 12.0. The van der Waals surface area contributed by atoms with Crippen LogP contribution < -0.4 is 4.74 Å². The van der Waals surface area contributed by atoms with E-state index in [-0.39, 0.29) is 16.0 Å². The fourth-order valence-corrected chi connectivity index (χ4v) is 2.64. The molecule has 5 nitrogen and oxygen atoms in total. The summed E-state index contributed by atoms with van der Waals surface area (Å²) in [4.78, 5) is 0. The van der Waals surface area contributed by atoms with E-state index in [9.17, 15) is 8.78 Å². The summed E-state index contributed by atoms with van der Waals surface area (Å²) in [5, 5.41) is 16.2. The molecule has 0 saturated heterocycles. The Morgan fingerprint density at radius 1 is 1.50 bits per heavy atom. The van der Waals surface area contributed by atoms with Crippen molar-refractivity contribution in [3.05, 3.63) is 39.0 Å². The highest BCUT2D eigenvalue weighted by Gasteiger charge is 2.23. The summed E-state index contributed by atoms with van der Waals surface area (Å²) < 4.78 is 32.4. The lowest BCUT2D eigenvalue weighted by Gasteiger charge is -2.07. The molecule has 2 rings (SSSR count). The Bertz CT molecular complexity index is 734. The van der Waals surface area contributed by atoms with Crippen LogP contribution in [0.4, 0.5) is 8.78 Å². The first-order valence-corrected chi connectivity index (χ1v) is 7.19. The summed E-state index contributed by atoms with van der Waals surface area (Å²) in [5.41, 5.74) is 0.476. The molecule has 0 unspecified atom stereocenters. The van der Waals surface area contributed by atoms with E-state index in [0.29, 0.717) is 22.0 Å². The number of oxime groups is 1. The first-order valence-electron chi connectivity index (χ1n) is 6.02. The number of aryl methyl sites for hydroxylation is 1. The molecule has 22 heavy (non-hydrogen) atoms. The van der Waals surface area contributed by atoms with Gasteiger partial charge in [0.1, 0.15) is 15.9 Å². The first-order chi connectivity index (χ1) is 10.3. The van der Waals surface area contributed by atoms with Crippen molar-refractivity contribution < 1.29 is 18.7 Å². The van der Waals surface area contributed by atoms with Crippen molar-refractivity contribution in [2.75, 3.05) is 0 Å². The van der Waals surface area contributed by atoms with Gasteiger partial charge in [0.2, 0.25) is 0 Å². The van der Waals surface area contributed by atoms with Crippen molar-refractivity contribution in [3.63, 3.8) is 0 Å². The highest BCUT2D eigenvalue weighted by Crippen LogP contribution is 2.36. The third-order valence-corrected chi connectivity index (χ3v) is 3.98. The van der Waals surface area contributed by atoms with Gasteiger partial charge >= 0.3 is 0 Å². The van der Waals surface area contributed by atoms with Crippen LogP contribution in [0.2, 0.25) is 5.02 Å². The molecule has 0 fully saturated rings. The van der Waals surface area contributed by atoms with Gasteiger partial charge in [-0.15, -0.1) is 5.10 Å². The van der Waals surface area contributed by atoms with E-state index in [2.05, 4.69) is 26.2 Å². The van der Waals surface area contributed by atoms with E-state index < -0.39 is 6.43 Å². The van der Waals surface area contributed by atoms with Crippen LogP contribution in [-0.2, 0) is 7.05 Å². The Hall–Kier alpha value is -1.67. The Morgan fingerprint density at radius 2 is 2.18 bits per heavy atom. The second kappa shape index (κ2) is 6.62. The number of hydrogen-bond donors (Lipinski definition) is 1. The molecule has 2 aromatic rings. The van der Waals surface area contributed by atoms with Crippen LogP contribution in [0.25, 0.3) is 0 Å². The van der Waals surface area contributed by atoms with Crippen LogP contribution >= 0.6 is 27.5 Å². The van der Waals surface area contributed by atoms with Gasteiger partial charge in [-0.05, 0) is 41.1 Å². The Morgan fingerprint density at radius 3 is 2.73 bits per heavy atom. The van der Waals surface area contributed by atoms with Gasteiger partial charge in [0.25, 0.3) is 12.3 Å². The molecule has 0 spiro atoms. The molecule has 0 bridgehead atoms. The Balaban J connectivity index is 2.38. The topological polar surface area (TPSA) is 59.6 Å². The van der Waals surface area contributed by atoms with E-state index in [1.165, 1.54) is 13.1 Å². The fraction of sp³-hybridized carbons (Fsp3) is 0.231. The molecule has 1 N–H and O–H groups in total. The van der Waals surface area contributed by atoms with Gasteiger partial charge in [-0.1, -0.05) is 16.8 Å². The molecule has 0 atom stereocenters. The van der Waals surface area contributed by atoms with Gasteiger partial charge in [0, 0.05) is 12.6 Å². The number of benzene rings is 1. The SMILES string of the molecule is CC(=NO)c1cc(Oc2nn(C)c(C(F)F)c2Br)ccc1Cl. The summed E-state index contributed by atoms with van der Waals surface area (Å²) in [5.74, 6) is 0.326. The Kier molecular flexibility index (Phi) is 5.02. The molecule has 0 amide bonds. The lowest BCUT2D eigenvalue weighted by molar-refractivity contribution is 0.140. The Labute approximate surface area is 138 Å². The van der Waals surface area contributed by atoms with Crippen LogP contribution in [0.5, 0.6) is 11.6 Å². The summed E-state index contributed by atoms with van der Waals surface area (Å²) in [6.07, 6.45) is -2.69. The number of hydrogen-bond acceptors (Lipinski definition) is 4. The summed E-state index contributed by atoms with van der Waals surface area (Å²) in [6.45, 7) is 1.57. The molecular weight excluding hydrogens is 384 g/mol. The molecule has 1 aromatic heterocycles. The van der Waals surface area contributed by atoms with Gasteiger partial charge in [-0.25, -0.2) is 8.78 Å². The maximum Gasteiger partial charge on any atom is 0.281 e. The number of aromatic nitrogens is 2. The van der Waals surface area contributed by atoms with Crippen molar-refractivity contribution in [3.8, 4) is 11.6 Å². The minimum atomic E-state index is -2.69. The monoisotopic (exact) mass is 393 g/mol.